The van der Waals surface area contributed by atoms with Gasteiger partial charge in [-0.3, -0.25) is 25.5 Å². The van der Waals surface area contributed by atoms with Crippen molar-refractivity contribution in [2.45, 2.75) is 26.1 Å². The van der Waals surface area contributed by atoms with Crippen LogP contribution in [-0.4, -0.2) is 62.7 Å². The number of hydrogen-bond donors (Lipinski definition) is 4. The lowest BCUT2D eigenvalue weighted by Gasteiger charge is -2.12. The van der Waals surface area contributed by atoms with Gasteiger partial charge in [0.2, 0.25) is 5.76 Å². The molecule has 0 aliphatic carbocycles. The summed E-state index contributed by atoms with van der Waals surface area (Å²) in [5.74, 6) is -0.517. The number of amides is 1. The lowest BCUT2D eigenvalue weighted by Crippen LogP contribution is -2.45. The maximum Gasteiger partial charge on any atom is 0.307 e. The molecule has 140 valence electrons. The number of rotatable bonds is 11. The summed E-state index contributed by atoms with van der Waals surface area (Å²) < 4.78 is 15.1. The fraction of sp³-hybridized carbons (Fsp3) is 0.667. The predicted octanol–water partition coefficient (Wildman–Crippen LogP) is -0.807. The average molecular weight is 355 g/mol. The molecular formula is C15H25N5O5. The first-order valence-electron chi connectivity index (χ1n) is 8.42. The predicted molar refractivity (Wildman–Crippen MR) is 88.0 cm³/mol. The first-order valence-corrected chi connectivity index (χ1v) is 8.42. The summed E-state index contributed by atoms with van der Waals surface area (Å²) in [7, 11) is 0. The quantitative estimate of drug-likeness (QED) is 0.298. The van der Waals surface area contributed by atoms with Crippen LogP contribution in [0.15, 0.2) is 10.6 Å². The minimum absolute atomic E-state index is 0.0383. The Balaban J connectivity index is 1.58. The van der Waals surface area contributed by atoms with Gasteiger partial charge in [0, 0.05) is 26.2 Å². The van der Waals surface area contributed by atoms with Crippen molar-refractivity contribution in [3.05, 3.63) is 11.8 Å². The second-order valence-corrected chi connectivity index (χ2v) is 5.34. The SMILES string of the molecule is CCOC(=O)CCNC(=O)c1cc(OCCCNC2NCCN2)no1. The van der Waals surface area contributed by atoms with E-state index in [0.29, 0.717) is 13.2 Å². The van der Waals surface area contributed by atoms with Crippen LogP contribution in [0.3, 0.4) is 0 Å². The van der Waals surface area contributed by atoms with Gasteiger partial charge in [0.1, 0.15) is 6.29 Å². The molecule has 0 saturated carbocycles. The molecule has 1 saturated heterocycles. The van der Waals surface area contributed by atoms with Gasteiger partial charge in [-0.25, -0.2) is 0 Å². The molecule has 1 aliphatic rings. The Morgan fingerprint density at radius 1 is 1.36 bits per heavy atom. The molecule has 4 N–H and O–H groups in total. The minimum atomic E-state index is -0.452. The third kappa shape index (κ3) is 7.08. The molecule has 1 aromatic heterocycles. The molecule has 25 heavy (non-hydrogen) atoms. The molecule has 1 aromatic rings. The second kappa shape index (κ2) is 10.6. The van der Waals surface area contributed by atoms with Crippen molar-refractivity contribution in [3.8, 4) is 5.88 Å². The summed E-state index contributed by atoms with van der Waals surface area (Å²) in [4.78, 5) is 23.0. The van der Waals surface area contributed by atoms with E-state index < -0.39 is 5.91 Å². The van der Waals surface area contributed by atoms with Crippen LogP contribution in [0.4, 0.5) is 0 Å². The molecule has 2 rings (SSSR count). The zero-order chi connectivity index (χ0) is 17.9. The maximum atomic E-state index is 11.8. The van der Waals surface area contributed by atoms with E-state index in [2.05, 4.69) is 26.4 Å². The molecule has 0 radical (unpaired) electrons. The summed E-state index contributed by atoms with van der Waals surface area (Å²) in [6.07, 6.45) is 1.04. The molecule has 10 nitrogen and oxygen atoms in total. The summed E-state index contributed by atoms with van der Waals surface area (Å²) in [5.41, 5.74) is 0. The van der Waals surface area contributed by atoms with Gasteiger partial charge in [-0.1, -0.05) is 0 Å². The first-order chi connectivity index (χ1) is 12.2. The molecule has 10 heteroatoms. The normalized spacial score (nSPS) is 14.4. The molecule has 0 aromatic carbocycles. The number of nitrogens with zero attached hydrogens (tertiary/aromatic N) is 1. The largest absolute Gasteiger partial charge is 0.475 e. The van der Waals surface area contributed by atoms with Crippen LogP contribution in [0, 0.1) is 0 Å². The van der Waals surface area contributed by atoms with Crippen molar-refractivity contribution in [2.24, 2.45) is 0 Å². The van der Waals surface area contributed by atoms with Crippen molar-refractivity contribution < 1.29 is 23.6 Å². The second-order valence-electron chi connectivity index (χ2n) is 5.34. The highest BCUT2D eigenvalue weighted by Gasteiger charge is 2.14. The van der Waals surface area contributed by atoms with E-state index in [1.165, 1.54) is 6.07 Å². The third-order valence-electron chi connectivity index (χ3n) is 3.37. The molecule has 2 heterocycles. The number of aromatic nitrogens is 1. The highest BCUT2D eigenvalue weighted by molar-refractivity contribution is 5.91. The van der Waals surface area contributed by atoms with Crippen molar-refractivity contribution >= 4 is 11.9 Å². The van der Waals surface area contributed by atoms with Crippen LogP contribution in [0.25, 0.3) is 0 Å². The lowest BCUT2D eigenvalue weighted by atomic mass is 10.4. The van der Waals surface area contributed by atoms with Crippen LogP contribution in [0.1, 0.15) is 30.3 Å². The summed E-state index contributed by atoms with van der Waals surface area (Å²) in [5, 5.41) is 16.0. The third-order valence-corrected chi connectivity index (χ3v) is 3.37. The van der Waals surface area contributed by atoms with Gasteiger partial charge in [0.25, 0.3) is 11.8 Å². The zero-order valence-electron chi connectivity index (χ0n) is 14.3. The monoisotopic (exact) mass is 355 g/mol. The average Bonchev–Trinajstić information content (AvgIpc) is 3.26. The minimum Gasteiger partial charge on any atom is -0.475 e. The Kier molecular flexibility index (Phi) is 8.16. The molecule has 0 unspecified atom stereocenters. The molecule has 0 bridgehead atoms. The first kappa shape index (κ1) is 19.2. The summed E-state index contributed by atoms with van der Waals surface area (Å²) in [6, 6.07) is 1.42. The molecule has 1 aliphatic heterocycles. The topological polar surface area (TPSA) is 127 Å². The Labute approximate surface area is 146 Å². The maximum absolute atomic E-state index is 11.8. The molecule has 0 spiro atoms. The van der Waals surface area contributed by atoms with Gasteiger partial charge in [-0.2, -0.15) is 0 Å². The van der Waals surface area contributed by atoms with E-state index in [-0.39, 0.29) is 36.9 Å². The van der Waals surface area contributed by atoms with E-state index >= 15 is 0 Å². The van der Waals surface area contributed by atoms with Crippen molar-refractivity contribution in [1.82, 2.24) is 26.4 Å². The van der Waals surface area contributed by atoms with Crippen molar-refractivity contribution in [2.75, 3.05) is 39.4 Å². The fourth-order valence-corrected chi connectivity index (χ4v) is 2.18. The van der Waals surface area contributed by atoms with Crippen LogP contribution >= 0.6 is 0 Å². The standard InChI is InChI=1S/C15H25N5O5/c1-2-23-13(21)4-6-16-14(22)11-10-12(20-25-11)24-9-3-5-17-15-18-7-8-19-15/h10,15,17-19H,2-9H2,1H3,(H,16,22). The Bertz CT molecular complexity index is 544. The zero-order valence-corrected chi connectivity index (χ0v) is 14.3. The van der Waals surface area contributed by atoms with E-state index in [1.807, 2.05) is 0 Å². The smallest absolute Gasteiger partial charge is 0.307 e. The lowest BCUT2D eigenvalue weighted by molar-refractivity contribution is -0.142. The van der Waals surface area contributed by atoms with Gasteiger partial charge >= 0.3 is 5.97 Å². The fourth-order valence-electron chi connectivity index (χ4n) is 2.18. The number of esters is 1. The molecule has 1 fully saturated rings. The van der Waals surface area contributed by atoms with E-state index in [9.17, 15) is 9.59 Å². The Hall–Kier alpha value is -2.17. The summed E-state index contributed by atoms with van der Waals surface area (Å²) in [6.45, 7) is 5.36. The van der Waals surface area contributed by atoms with Crippen LogP contribution < -0.4 is 26.0 Å². The van der Waals surface area contributed by atoms with E-state index in [0.717, 1.165) is 26.1 Å². The summed E-state index contributed by atoms with van der Waals surface area (Å²) >= 11 is 0. The van der Waals surface area contributed by atoms with Crippen LogP contribution in [0.2, 0.25) is 0 Å². The highest BCUT2D eigenvalue weighted by atomic mass is 16.5. The van der Waals surface area contributed by atoms with Gasteiger partial charge in [0.15, 0.2) is 0 Å². The Morgan fingerprint density at radius 3 is 2.92 bits per heavy atom. The molecule has 0 atom stereocenters. The molecule has 1 amide bonds. The van der Waals surface area contributed by atoms with E-state index in [4.69, 9.17) is 14.0 Å². The number of carbonyl (C=O) groups is 2. The van der Waals surface area contributed by atoms with Crippen molar-refractivity contribution in [1.29, 1.82) is 0 Å². The molecular weight excluding hydrogens is 330 g/mol. The van der Waals surface area contributed by atoms with Gasteiger partial charge in [-0.05, 0) is 18.5 Å². The number of hydrogen-bond acceptors (Lipinski definition) is 9. The Morgan fingerprint density at radius 2 is 2.16 bits per heavy atom. The highest BCUT2D eigenvalue weighted by Crippen LogP contribution is 2.11. The van der Waals surface area contributed by atoms with Crippen LogP contribution in [-0.2, 0) is 9.53 Å². The van der Waals surface area contributed by atoms with Gasteiger partial charge in [0.05, 0.1) is 25.7 Å². The van der Waals surface area contributed by atoms with Gasteiger partial charge in [-0.15, -0.1) is 0 Å². The van der Waals surface area contributed by atoms with Crippen LogP contribution in [0.5, 0.6) is 5.88 Å². The number of nitrogens with one attached hydrogen (secondary N) is 4. The van der Waals surface area contributed by atoms with Crippen molar-refractivity contribution in [3.63, 3.8) is 0 Å². The van der Waals surface area contributed by atoms with Gasteiger partial charge < -0.3 is 19.3 Å². The number of ether oxygens (including phenoxy) is 2. The van der Waals surface area contributed by atoms with E-state index in [1.54, 1.807) is 6.92 Å². The number of carbonyl (C=O) groups excluding carboxylic acids is 2.